The van der Waals surface area contributed by atoms with Crippen LogP contribution in [0.4, 0.5) is 4.79 Å². The minimum Gasteiger partial charge on any atom is -0.444 e. The summed E-state index contributed by atoms with van der Waals surface area (Å²) in [7, 11) is -3.43. The van der Waals surface area contributed by atoms with Crippen LogP contribution in [-0.4, -0.2) is 78.3 Å². The van der Waals surface area contributed by atoms with Crippen LogP contribution in [0.2, 0.25) is 0 Å². The van der Waals surface area contributed by atoms with Gasteiger partial charge in [0.2, 0.25) is 10.0 Å². The molecule has 0 aliphatic carbocycles. The van der Waals surface area contributed by atoms with Crippen molar-refractivity contribution < 1.29 is 26.3 Å². The summed E-state index contributed by atoms with van der Waals surface area (Å²) in [6.45, 7) is 5.78. The highest BCUT2D eigenvalue weighted by Crippen LogP contribution is 2.17. The Balaban J connectivity index is 2.81. The molecule has 2 atom stereocenters. The molecule has 2 unspecified atom stereocenters. The second-order valence-corrected chi connectivity index (χ2v) is 9.11. The Bertz CT molecular complexity index is 528. The smallest absolute Gasteiger partial charge is 0.410 e. The van der Waals surface area contributed by atoms with Gasteiger partial charge in [0.05, 0.1) is 18.9 Å². The molecule has 1 aliphatic rings. The first-order valence-electron chi connectivity index (χ1n) is 6.81. The second kappa shape index (κ2) is 7.24. The number of nitrogens with zero attached hydrogens (tertiary/aromatic N) is 2. The van der Waals surface area contributed by atoms with Gasteiger partial charge >= 0.3 is 6.09 Å². The number of carbonyl (C=O) groups is 1. The molecule has 1 heterocycles. The lowest BCUT2D eigenvalue weighted by Gasteiger charge is -2.39. The number of sulfonamides is 1. The molecule has 8 nitrogen and oxygen atoms in total. The summed E-state index contributed by atoms with van der Waals surface area (Å²) in [6, 6.07) is -0.583. The van der Waals surface area contributed by atoms with Crippen LogP contribution in [0.15, 0.2) is 0 Å². The summed E-state index contributed by atoms with van der Waals surface area (Å²) in [5.41, 5.74) is -0.623. The third-order valence-electron chi connectivity index (χ3n) is 2.93. The SMILES string of the molecule is CS(=O)OCC1CN(C(=O)OC(C)(C)C)CCN1S(C)(=O)=O. The molecule has 0 bridgehead atoms. The largest absolute Gasteiger partial charge is 0.444 e. The van der Waals surface area contributed by atoms with Crippen LogP contribution >= 0.6 is 0 Å². The van der Waals surface area contributed by atoms with E-state index in [0.29, 0.717) is 0 Å². The zero-order valence-corrected chi connectivity index (χ0v) is 15.2. The van der Waals surface area contributed by atoms with Crippen LogP contribution in [0.25, 0.3) is 0 Å². The Hall–Kier alpha value is -0.710. The molecule has 0 radical (unpaired) electrons. The highest BCUT2D eigenvalue weighted by Gasteiger charge is 2.36. The fourth-order valence-corrected chi connectivity index (χ4v) is 3.51. The Morgan fingerprint density at radius 3 is 2.36 bits per heavy atom. The highest BCUT2D eigenvalue weighted by atomic mass is 32.2. The number of amides is 1. The monoisotopic (exact) mass is 356 g/mol. The van der Waals surface area contributed by atoms with Crippen molar-refractivity contribution in [3.05, 3.63) is 0 Å². The maximum atomic E-state index is 12.1. The fourth-order valence-electron chi connectivity index (χ4n) is 2.08. The lowest BCUT2D eigenvalue weighted by molar-refractivity contribution is 0.0103. The first-order chi connectivity index (χ1) is 9.90. The summed E-state index contributed by atoms with van der Waals surface area (Å²) in [5, 5.41) is 0. The van der Waals surface area contributed by atoms with Crippen molar-refractivity contribution in [3.63, 3.8) is 0 Å². The highest BCUT2D eigenvalue weighted by molar-refractivity contribution is 7.88. The molecule has 0 saturated carbocycles. The summed E-state index contributed by atoms with van der Waals surface area (Å²) >= 11 is -1.50. The maximum absolute atomic E-state index is 12.1. The maximum Gasteiger partial charge on any atom is 0.410 e. The van der Waals surface area contributed by atoms with Crippen molar-refractivity contribution in [2.75, 3.05) is 38.8 Å². The van der Waals surface area contributed by atoms with Gasteiger partial charge in [-0.2, -0.15) is 4.31 Å². The first kappa shape index (κ1) is 19.3. The third-order valence-corrected chi connectivity index (χ3v) is 4.73. The van der Waals surface area contributed by atoms with Crippen molar-refractivity contribution in [1.82, 2.24) is 9.21 Å². The average molecular weight is 356 g/mol. The molecule has 22 heavy (non-hydrogen) atoms. The van der Waals surface area contributed by atoms with Crippen molar-refractivity contribution in [2.24, 2.45) is 0 Å². The number of carbonyl (C=O) groups excluding carboxylic acids is 1. The normalized spacial score (nSPS) is 22.4. The number of hydrogen-bond donors (Lipinski definition) is 0. The lowest BCUT2D eigenvalue weighted by atomic mass is 10.2. The molecule has 0 spiro atoms. The van der Waals surface area contributed by atoms with Crippen LogP contribution in [0.3, 0.4) is 0 Å². The Morgan fingerprint density at radius 1 is 1.32 bits per heavy atom. The molecular formula is C12H24N2O6S2. The van der Waals surface area contributed by atoms with Gasteiger partial charge in [-0.15, -0.1) is 0 Å². The number of hydrogen-bond acceptors (Lipinski definition) is 6. The molecule has 1 rings (SSSR count). The van der Waals surface area contributed by atoms with E-state index >= 15 is 0 Å². The average Bonchev–Trinajstić information content (AvgIpc) is 2.32. The minimum absolute atomic E-state index is 0.0462. The summed E-state index contributed by atoms with van der Waals surface area (Å²) in [4.78, 5) is 13.5. The zero-order valence-electron chi connectivity index (χ0n) is 13.6. The Labute approximate surface area is 134 Å². The van der Waals surface area contributed by atoms with Gasteiger partial charge < -0.3 is 9.64 Å². The topological polar surface area (TPSA) is 93.2 Å². The summed E-state index contributed by atoms with van der Waals surface area (Å²) < 4.78 is 46.3. The van der Waals surface area contributed by atoms with E-state index in [1.54, 1.807) is 20.8 Å². The van der Waals surface area contributed by atoms with Crippen molar-refractivity contribution in [1.29, 1.82) is 0 Å². The van der Waals surface area contributed by atoms with Gasteiger partial charge in [-0.05, 0) is 20.8 Å². The van der Waals surface area contributed by atoms with Gasteiger partial charge in [-0.3, -0.25) is 4.18 Å². The van der Waals surface area contributed by atoms with E-state index in [9.17, 15) is 17.4 Å². The van der Waals surface area contributed by atoms with Gasteiger partial charge in [-0.25, -0.2) is 17.4 Å². The van der Waals surface area contributed by atoms with Gasteiger partial charge in [0.1, 0.15) is 5.60 Å². The van der Waals surface area contributed by atoms with Crippen molar-refractivity contribution >= 4 is 27.2 Å². The number of ether oxygens (including phenoxy) is 1. The van der Waals surface area contributed by atoms with E-state index < -0.39 is 38.8 Å². The standard InChI is InChI=1S/C12H24N2O6S2/c1-12(2,3)20-11(15)13-6-7-14(22(5,17)18)10(8-13)9-19-21(4)16/h10H,6-9H2,1-5H3. The molecule has 0 N–H and O–H groups in total. The van der Waals surface area contributed by atoms with Crippen LogP contribution in [0.5, 0.6) is 0 Å². The van der Waals surface area contributed by atoms with Crippen molar-refractivity contribution in [3.8, 4) is 0 Å². The van der Waals surface area contributed by atoms with E-state index in [-0.39, 0.29) is 26.2 Å². The Kier molecular flexibility index (Phi) is 6.36. The van der Waals surface area contributed by atoms with Gasteiger partial charge in [0.15, 0.2) is 11.1 Å². The van der Waals surface area contributed by atoms with Crippen LogP contribution in [-0.2, 0) is 30.0 Å². The number of piperazine rings is 1. The molecule has 10 heteroatoms. The Morgan fingerprint density at radius 2 is 1.91 bits per heavy atom. The lowest BCUT2D eigenvalue weighted by Crippen LogP contribution is -2.58. The van der Waals surface area contributed by atoms with Crippen LogP contribution in [0.1, 0.15) is 20.8 Å². The van der Waals surface area contributed by atoms with Crippen LogP contribution in [0, 0.1) is 0 Å². The summed E-state index contributed by atoms with van der Waals surface area (Å²) in [6.07, 6.45) is 1.97. The van der Waals surface area contributed by atoms with Gasteiger partial charge in [0, 0.05) is 25.9 Å². The molecule has 1 fully saturated rings. The first-order valence-corrected chi connectivity index (χ1v) is 10.1. The van der Waals surface area contributed by atoms with Crippen LogP contribution < -0.4 is 0 Å². The second-order valence-electron chi connectivity index (χ2n) is 6.14. The zero-order chi connectivity index (χ0) is 17.1. The predicted octanol–water partition coefficient (Wildman–Crippen LogP) is 0.177. The van der Waals surface area contributed by atoms with Gasteiger partial charge in [-0.1, -0.05) is 0 Å². The fraction of sp³-hybridized carbons (Fsp3) is 0.917. The summed E-state index contributed by atoms with van der Waals surface area (Å²) in [5.74, 6) is 0. The molecule has 0 aromatic carbocycles. The molecule has 1 amide bonds. The van der Waals surface area contributed by atoms with Crippen molar-refractivity contribution in [2.45, 2.75) is 32.4 Å². The molecule has 130 valence electrons. The number of rotatable bonds is 4. The minimum atomic E-state index is -3.43. The molecule has 1 aliphatic heterocycles. The molecule has 1 saturated heterocycles. The van der Waals surface area contributed by atoms with Gasteiger partial charge in [0.25, 0.3) is 0 Å². The predicted molar refractivity (Wildman–Crippen MR) is 83.2 cm³/mol. The van der Waals surface area contributed by atoms with E-state index in [2.05, 4.69) is 0 Å². The van der Waals surface area contributed by atoms with E-state index in [0.717, 1.165) is 6.26 Å². The third kappa shape index (κ3) is 6.19. The quantitative estimate of drug-likeness (QED) is 0.713. The molecular weight excluding hydrogens is 332 g/mol. The van der Waals surface area contributed by atoms with E-state index in [4.69, 9.17) is 8.92 Å². The van der Waals surface area contributed by atoms with E-state index in [1.165, 1.54) is 15.5 Å². The molecule has 0 aromatic rings. The van der Waals surface area contributed by atoms with E-state index in [1.807, 2.05) is 0 Å². The molecule has 0 aromatic heterocycles.